The van der Waals surface area contributed by atoms with E-state index in [0.717, 1.165) is 44.1 Å². The van der Waals surface area contributed by atoms with Crippen molar-refractivity contribution in [2.45, 2.75) is 137 Å². The van der Waals surface area contributed by atoms with Crippen LogP contribution in [0, 0.1) is 45.3 Å². The molecule has 11 atom stereocenters. The molecule has 0 radical (unpaired) electrons. The van der Waals surface area contributed by atoms with Gasteiger partial charge in [-0.2, -0.15) is 0 Å². The lowest BCUT2D eigenvalue weighted by Crippen LogP contribution is -2.60. The first-order valence-electron chi connectivity index (χ1n) is 17.2. The first-order valence-corrected chi connectivity index (χ1v) is 17.2. The maximum absolute atomic E-state index is 12.9. The second-order valence-electron chi connectivity index (χ2n) is 16.6. The number of allylic oxidation sites excluding steroid dienone is 1. The highest BCUT2D eigenvalue weighted by Crippen LogP contribution is 2.72. The predicted octanol–water partition coefficient (Wildman–Crippen LogP) is 5.90. The van der Waals surface area contributed by atoms with Crippen LogP contribution in [0.25, 0.3) is 0 Å². The molecule has 4 aliphatic rings. The number of aliphatic hydroxyl groups is 3. The number of carboxylic acids is 2. The molecule has 9 heteroatoms. The Morgan fingerprint density at radius 2 is 1.67 bits per heavy atom. The molecule has 0 heterocycles. The van der Waals surface area contributed by atoms with E-state index < -0.39 is 59.9 Å². The molecule has 0 aromatic rings. The van der Waals surface area contributed by atoms with Crippen LogP contribution in [-0.4, -0.2) is 67.9 Å². The highest BCUT2D eigenvalue weighted by atomic mass is 16.5. The Morgan fingerprint density at radius 3 is 2.26 bits per heavy atom. The molecule has 5 N–H and O–H groups in total. The Kier molecular flexibility index (Phi) is 10.1. The molecule has 0 amide bonds. The number of fused-ring (bicyclic) bond motifs is 4. The minimum absolute atomic E-state index is 0.00773. The summed E-state index contributed by atoms with van der Waals surface area (Å²) >= 11 is 0. The van der Waals surface area contributed by atoms with Gasteiger partial charge >= 0.3 is 17.9 Å². The number of hydrogen-bond donors (Lipinski definition) is 5. The molecule has 0 aliphatic heterocycles. The third-order valence-electron chi connectivity index (χ3n) is 13.9. The summed E-state index contributed by atoms with van der Waals surface area (Å²) in [4.78, 5) is 35.5. The summed E-state index contributed by atoms with van der Waals surface area (Å²) in [5, 5.41) is 51.9. The van der Waals surface area contributed by atoms with Crippen LogP contribution in [0.2, 0.25) is 0 Å². The van der Waals surface area contributed by atoms with Crippen LogP contribution in [0.5, 0.6) is 0 Å². The van der Waals surface area contributed by atoms with Crippen LogP contribution in [0.15, 0.2) is 23.3 Å². The monoisotopic (exact) mass is 646 g/mol. The molecule has 46 heavy (non-hydrogen) atoms. The first-order chi connectivity index (χ1) is 21.2. The Hall–Kier alpha value is -2.23. The molecule has 0 aromatic heterocycles. The number of ether oxygens (including phenoxy) is 1. The average Bonchev–Trinajstić information content (AvgIpc) is 3.24. The summed E-state index contributed by atoms with van der Waals surface area (Å²) in [6.07, 6.45) is 4.86. The molecule has 4 aliphatic carbocycles. The average molecular weight is 647 g/mol. The molecule has 2 fully saturated rings. The lowest BCUT2D eigenvalue weighted by molar-refractivity contribution is -0.183. The Morgan fingerprint density at radius 1 is 1.02 bits per heavy atom. The number of aliphatic carboxylic acids is 2. The molecule has 9 nitrogen and oxygen atoms in total. The van der Waals surface area contributed by atoms with Gasteiger partial charge in [0.1, 0.15) is 6.10 Å². The van der Waals surface area contributed by atoms with Crippen molar-refractivity contribution in [3.8, 4) is 0 Å². The van der Waals surface area contributed by atoms with Gasteiger partial charge < -0.3 is 30.3 Å². The summed E-state index contributed by atoms with van der Waals surface area (Å²) in [5.74, 6) is -2.69. The fourth-order valence-electron chi connectivity index (χ4n) is 10.8. The highest BCUT2D eigenvalue weighted by Gasteiger charge is 2.67. The van der Waals surface area contributed by atoms with Gasteiger partial charge in [-0.1, -0.05) is 57.9 Å². The van der Waals surface area contributed by atoms with Crippen molar-refractivity contribution >= 4 is 17.9 Å². The van der Waals surface area contributed by atoms with Crippen molar-refractivity contribution in [1.82, 2.24) is 0 Å². The third kappa shape index (κ3) is 5.98. The van der Waals surface area contributed by atoms with Crippen molar-refractivity contribution in [3.05, 3.63) is 23.3 Å². The predicted molar refractivity (Wildman–Crippen MR) is 174 cm³/mol. The third-order valence-corrected chi connectivity index (χ3v) is 13.9. The van der Waals surface area contributed by atoms with Crippen molar-refractivity contribution in [3.63, 3.8) is 0 Å². The SMILES string of the molecule is C=C(CC[C@@H](C)[C@H]1CC[C@@]2(C)C3=C(C[C@H](O)[C@]12C)[C@@]1(C)CC[C@@H](OC(=O)C[C@@](C)(O)CC(=O)O)[C@](C)(CO)[C@@H]1CC3)[C@H](C)C(=O)O. The van der Waals surface area contributed by atoms with E-state index >= 15 is 0 Å². The largest absolute Gasteiger partial charge is 0.481 e. The van der Waals surface area contributed by atoms with E-state index in [1.165, 1.54) is 18.1 Å². The molecule has 0 bridgehead atoms. The smallest absolute Gasteiger partial charge is 0.310 e. The Balaban J connectivity index is 1.58. The molecule has 0 spiro atoms. The van der Waals surface area contributed by atoms with E-state index in [2.05, 4.69) is 34.3 Å². The summed E-state index contributed by atoms with van der Waals surface area (Å²) in [6.45, 7) is 18.0. The molecule has 0 saturated heterocycles. The molecular weight excluding hydrogens is 588 g/mol. The summed E-state index contributed by atoms with van der Waals surface area (Å²) in [6, 6.07) is 0. The number of carbonyl (C=O) groups excluding carboxylic acids is 1. The number of carbonyl (C=O) groups is 3. The van der Waals surface area contributed by atoms with E-state index in [4.69, 9.17) is 9.84 Å². The number of esters is 1. The summed E-state index contributed by atoms with van der Waals surface area (Å²) in [5.41, 5.74) is 0.233. The van der Waals surface area contributed by atoms with Gasteiger partial charge in [0.2, 0.25) is 0 Å². The normalized spacial score (nSPS) is 39.7. The summed E-state index contributed by atoms with van der Waals surface area (Å²) in [7, 11) is 0. The van der Waals surface area contributed by atoms with Crippen LogP contribution < -0.4 is 0 Å². The van der Waals surface area contributed by atoms with Crippen molar-refractivity contribution in [1.29, 1.82) is 0 Å². The number of rotatable bonds is 12. The van der Waals surface area contributed by atoms with E-state index in [1.807, 2.05) is 6.92 Å². The van der Waals surface area contributed by atoms with Gasteiger partial charge in [0.15, 0.2) is 0 Å². The highest BCUT2D eigenvalue weighted by molar-refractivity contribution is 5.74. The fourth-order valence-corrected chi connectivity index (χ4v) is 10.8. The van der Waals surface area contributed by atoms with Crippen molar-refractivity contribution in [2.75, 3.05) is 6.61 Å². The molecule has 4 rings (SSSR count). The zero-order valence-electron chi connectivity index (χ0n) is 29.0. The molecular formula is C37H58O9. The standard InChI is InChI=1S/C37H58O9/c1-21(23(3)32(43)44)9-10-22(2)24-13-16-36(7)25-11-12-27-34(5,26(25)17-28(39)37(24,36)8)15-14-29(35(27,6)20-38)46-31(42)19-33(4,45)18-30(40)41/h22-24,27-29,38-39,45H,1,9-20H2,2-8H3,(H,40,41)(H,43,44)/t22-,23+,24-,27-,28+,29-,33+,34-,35-,36+,37+/m1/s1. The maximum atomic E-state index is 12.9. The number of aliphatic hydroxyl groups excluding tert-OH is 2. The minimum atomic E-state index is -1.73. The quantitative estimate of drug-likeness (QED) is 0.128. The van der Waals surface area contributed by atoms with E-state index in [-0.39, 0.29) is 34.7 Å². The topological polar surface area (TPSA) is 162 Å². The second-order valence-corrected chi connectivity index (χ2v) is 16.6. The van der Waals surface area contributed by atoms with Gasteiger partial charge in [-0.3, -0.25) is 14.4 Å². The zero-order valence-corrected chi connectivity index (χ0v) is 29.0. The van der Waals surface area contributed by atoms with E-state index in [1.54, 1.807) is 6.92 Å². The lowest BCUT2D eigenvalue weighted by Gasteiger charge is -2.63. The van der Waals surface area contributed by atoms with Crippen LogP contribution in [0.4, 0.5) is 0 Å². The lowest BCUT2D eigenvalue weighted by atomic mass is 9.42. The maximum Gasteiger partial charge on any atom is 0.310 e. The first kappa shape index (κ1) is 36.6. The van der Waals surface area contributed by atoms with Crippen LogP contribution in [0.1, 0.15) is 119 Å². The van der Waals surface area contributed by atoms with E-state index in [9.17, 15) is 34.8 Å². The minimum Gasteiger partial charge on any atom is -0.481 e. The van der Waals surface area contributed by atoms with Gasteiger partial charge in [-0.05, 0) is 100 Å². The van der Waals surface area contributed by atoms with Gasteiger partial charge in [0.25, 0.3) is 0 Å². The van der Waals surface area contributed by atoms with Crippen LogP contribution in [-0.2, 0) is 19.1 Å². The second kappa shape index (κ2) is 12.7. The Labute approximate surface area is 274 Å². The van der Waals surface area contributed by atoms with E-state index in [0.29, 0.717) is 25.2 Å². The van der Waals surface area contributed by atoms with Gasteiger partial charge in [-0.25, -0.2) is 0 Å². The van der Waals surface area contributed by atoms with Gasteiger partial charge in [0, 0.05) is 10.8 Å². The van der Waals surface area contributed by atoms with Gasteiger partial charge in [-0.15, -0.1) is 0 Å². The molecule has 2 saturated carbocycles. The van der Waals surface area contributed by atoms with Gasteiger partial charge in [0.05, 0.1) is 37.1 Å². The zero-order chi connectivity index (χ0) is 34.6. The van der Waals surface area contributed by atoms with Crippen LogP contribution in [0.3, 0.4) is 0 Å². The molecule has 260 valence electrons. The Bertz CT molecular complexity index is 1270. The molecule has 0 aromatic carbocycles. The summed E-state index contributed by atoms with van der Waals surface area (Å²) < 4.78 is 5.92. The van der Waals surface area contributed by atoms with Crippen molar-refractivity contribution in [2.24, 2.45) is 45.3 Å². The van der Waals surface area contributed by atoms with Crippen LogP contribution >= 0.6 is 0 Å². The number of carboxylic acid groups (broad SMARTS) is 2. The fraction of sp³-hybridized carbons (Fsp3) is 0.811. The molecule has 0 unspecified atom stereocenters. The van der Waals surface area contributed by atoms with Crippen molar-refractivity contribution < 1.29 is 44.7 Å². The number of hydrogen-bond acceptors (Lipinski definition) is 7.